The molecule has 0 aromatic heterocycles. The Morgan fingerprint density at radius 3 is 2.17 bits per heavy atom. The van der Waals surface area contributed by atoms with E-state index < -0.39 is 10.2 Å². The van der Waals surface area contributed by atoms with Crippen LogP contribution in [0.25, 0.3) is 0 Å². The third-order valence-electron chi connectivity index (χ3n) is 5.12. The van der Waals surface area contributed by atoms with Gasteiger partial charge in [-0.1, -0.05) is 31.0 Å². The van der Waals surface area contributed by atoms with Crippen molar-refractivity contribution in [3.05, 3.63) is 29.8 Å². The largest absolute Gasteiger partial charge is 0.371 e. The molecule has 0 spiro atoms. The molecule has 0 saturated carbocycles. The van der Waals surface area contributed by atoms with E-state index in [2.05, 4.69) is 17.0 Å². The minimum absolute atomic E-state index is 0.436. The molecule has 2 fully saturated rings. The molecular weight excluding hydrogens is 322 g/mol. The van der Waals surface area contributed by atoms with Gasteiger partial charge in [-0.3, -0.25) is 0 Å². The lowest BCUT2D eigenvalue weighted by atomic mass is 10.1. The summed E-state index contributed by atoms with van der Waals surface area (Å²) < 4.78 is 29.0. The van der Waals surface area contributed by atoms with Crippen molar-refractivity contribution in [1.82, 2.24) is 8.61 Å². The molecule has 0 amide bonds. The smallest absolute Gasteiger partial charge is 0.282 e. The predicted molar refractivity (Wildman–Crippen MR) is 98.3 cm³/mol. The Morgan fingerprint density at radius 2 is 1.50 bits per heavy atom. The summed E-state index contributed by atoms with van der Waals surface area (Å²) in [6.07, 6.45) is 6.64. The molecule has 2 aliphatic heterocycles. The molecule has 0 N–H and O–H groups in total. The maximum atomic E-state index is 12.9. The van der Waals surface area contributed by atoms with Gasteiger partial charge in [0, 0.05) is 45.5 Å². The zero-order chi connectivity index (χ0) is 17.0. The molecule has 1 aromatic carbocycles. The Bertz CT molecular complexity index is 633. The van der Waals surface area contributed by atoms with Crippen molar-refractivity contribution in [2.24, 2.45) is 0 Å². The van der Waals surface area contributed by atoms with Crippen molar-refractivity contribution in [2.75, 3.05) is 38.1 Å². The number of anilines is 1. The molecule has 3 rings (SSSR count). The van der Waals surface area contributed by atoms with E-state index in [4.69, 9.17) is 0 Å². The highest BCUT2D eigenvalue weighted by molar-refractivity contribution is 7.86. The first-order valence-corrected chi connectivity index (χ1v) is 10.5. The van der Waals surface area contributed by atoms with E-state index in [1.54, 1.807) is 11.4 Å². The minimum atomic E-state index is -3.38. The highest BCUT2D eigenvalue weighted by Gasteiger charge is 2.28. The van der Waals surface area contributed by atoms with Gasteiger partial charge >= 0.3 is 0 Å². The quantitative estimate of drug-likeness (QED) is 0.819. The van der Waals surface area contributed by atoms with Crippen molar-refractivity contribution in [3.63, 3.8) is 0 Å². The van der Waals surface area contributed by atoms with E-state index >= 15 is 0 Å². The highest BCUT2D eigenvalue weighted by Crippen LogP contribution is 2.26. The second-order valence-corrected chi connectivity index (χ2v) is 8.94. The third kappa shape index (κ3) is 3.92. The molecule has 134 valence electrons. The minimum Gasteiger partial charge on any atom is -0.371 e. The second-order valence-electron chi connectivity index (χ2n) is 6.90. The summed E-state index contributed by atoms with van der Waals surface area (Å²) in [7, 11) is -1.67. The topological polar surface area (TPSA) is 43.9 Å². The van der Waals surface area contributed by atoms with Crippen LogP contribution in [0.4, 0.5) is 5.69 Å². The van der Waals surface area contributed by atoms with Crippen molar-refractivity contribution < 1.29 is 8.42 Å². The van der Waals surface area contributed by atoms with E-state index in [9.17, 15) is 8.42 Å². The van der Waals surface area contributed by atoms with E-state index in [0.29, 0.717) is 19.6 Å². The van der Waals surface area contributed by atoms with Crippen LogP contribution >= 0.6 is 0 Å². The first-order valence-electron chi connectivity index (χ1n) is 9.13. The monoisotopic (exact) mass is 351 g/mol. The van der Waals surface area contributed by atoms with Crippen LogP contribution in [0.3, 0.4) is 0 Å². The van der Waals surface area contributed by atoms with Crippen LogP contribution in [0, 0.1) is 0 Å². The maximum Gasteiger partial charge on any atom is 0.282 e. The van der Waals surface area contributed by atoms with Crippen LogP contribution in [0.15, 0.2) is 24.3 Å². The summed E-state index contributed by atoms with van der Waals surface area (Å²) in [5.41, 5.74) is 2.29. The van der Waals surface area contributed by atoms with E-state index in [-0.39, 0.29) is 0 Å². The van der Waals surface area contributed by atoms with E-state index in [0.717, 1.165) is 44.3 Å². The van der Waals surface area contributed by atoms with Gasteiger partial charge in [0.1, 0.15) is 0 Å². The first-order chi connectivity index (χ1) is 11.6. The summed E-state index contributed by atoms with van der Waals surface area (Å²) >= 11 is 0. The fourth-order valence-electron chi connectivity index (χ4n) is 3.70. The molecule has 0 unspecified atom stereocenters. The molecule has 2 aliphatic rings. The van der Waals surface area contributed by atoms with Crippen molar-refractivity contribution in [1.29, 1.82) is 0 Å². The lowest BCUT2D eigenvalue weighted by molar-refractivity contribution is 0.363. The summed E-state index contributed by atoms with van der Waals surface area (Å²) in [5, 5.41) is 0. The summed E-state index contributed by atoms with van der Waals surface area (Å²) in [6.45, 7) is 3.88. The van der Waals surface area contributed by atoms with Gasteiger partial charge < -0.3 is 4.90 Å². The van der Waals surface area contributed by atoms with Crippen LogP contribution in [0.2, 0.25) is 0 Å². The molecule has 5 nitrogen and oxygen atoms in total. The van der Waals surface area contributed by atoms with Gasteiger partial charge in [0.2, 0.25) is 0 Å². The van der Waals surface area contributed by atoms with Crippen LogP contribution in [0.5, 0.6) is 0 Å². The van der Waals surface area contributed by atoms with Gasteiger partial charge in [-0.2, -0.15) is 17.0 Å². The van der Waals surface area contributed by atoms with Crippen LogP contribution < -0.4 is 4.90 Å². The molecule has 0 radical (unpaired) electrons. The van der Waals surface area contributed by atoms with Crippen LogP contribution in [0.1, 0.15) is 44.1 Å². The van der Waals surface area contributed by atoms with Gasteiger partial charge in [-0.05, 0) is 37.3 Å². The lowest BCUT2D eigenvalue weighted by Crippen LogP contribution is -2.42. The number of benzene rings is 1. The van der Waals surface area contributed by atoms with Gasteiger partial charge in [0.05, 0.1) is 0 Å². The average molecular weight is 352 g/mol. The van der Waals surface area contributed by atoms with E-state index in [1.165, 1.54) is 22.8 Å². The lowest BCUT2D eigenvalue weighted by Gasteiger charge is -2.28. The molecule has 0 atom stereocenters. The molecular formula is C18H29N3O2S. The second kappa shape index (κ2) is 7.85. The SMILES string of the molecule is CN(Cc1ccccc1N1CCCC1)S(=O)(=O)N1CCCCCC1. The maximum absolute atomic E-state index is 12.9. The fraction of sp³-hybridized carbons (Fsp3) is 0.667. The Kier molecular flexibility index (Phi) is 5.79. The molecule has 6 heteroatoms. The Labute approximate surface area is 146 Å². The standard InChI is InChI=1S/C18H29N3O2S/c1-19(24(22,23)21-14-6-2-3-7-15-21)16-17-10-4-5-11-18(17)20-12-8-9-13-20/h4-5,10-11H,2-3,6-9,12-16H2,1H3. The van der Waals surface area contributed by atoms with Crippen molar-refractivity contribution >= 4 is 15.9 Å². The number of nitrogens with zero attached hydrogens (tertiary/aromatic N) is 3. The number of hydrogen-bond donors (Lipinski definition) is 0. The Morgan fingerprint density at radius 1 is 0.917 bits per heavy atom. The fourth-order valence-corrected chi connectivity index (χ4v) is 5.12. The van der Waals surface area contributed by atoms with Crippen molar-refractivity contribution in [3.8, 4) is 0 Å². The van der Waals surface area contributed by atoms with Gasteiger partial charge in [0.15, 0.2) is 0 Å². The van der Waals surface area contributed by atoms with E-state index in [1.807, 2.05) is 12.1 Å². The highest BCUT2D eigenvalue weighted by atomic mass is 32.2. The first kappa shape index (κ1) is 17.7. The Hall–Kier alpha value is -1.11. The van der Waals surface area contributed by atoms with Gasteiger partial charge in [-0.25, -0.2) is 0 Å². The van der Waals surface area contributed by atoms with Gasteiger partial charge in [0.25, 0.3) is 10.2 Å². The summed E-state index contributed by atoms with van der Waals surface area (Å²) in [6, 6.07) is 8.22. The normalized spacial score (nSPS) is 20.5. The molecule has 0 aliphatic carbocycles. The molecule has 2 saturated heterocycles. The zero-order valence-electron chi connectivity index (χ0n) is 14.7. The summed E-state index contributed by atoms with van der Waals surface area (Å²) in [5.74, 6) is 0. The average Bonchev–Trinajstić information content (AvgIpc) is 2.96. The number of rotatable bonds is 5. The van der Waals surface area contributed by atoms with Crippen LogP contribution in [-0.2, 0) is 16.8 Å². The zero-order valence-corrected chi connectivity index (χ0v) is 15.5. The van der Waals surface area contributed by atoms with Gasteiger partial charge in [-0.15, -0.1) is 0 Å². The molecule has 0 bridgehead atoms. The van der Waals surface area contributed by atoms with Crippen LogP contribution in [-0.4, -0.2) is 50.3 Å². The molecule has 2 heterocycles. The molecule has 1 aromatic rings. The third-order valence-corrected chi connectivity index (χ3v) is 7.05. The number of para-hydroxylation sites is 1. The molecule has 24 heavy (non-hydrogen) atoms. The predicted octanol–water partition coefficient (Wildman–Crippen LogP) is 2.84. The summed E-state index contributed by atoms with van der Waals surface area (Å²) in [4.78, 5) is 2.38. The Balaban J connectivity index is 1.75. The number of hydrogen-bond acceptors (Lipinski definition) is 3. The van der Waals surface area contributed by atoms with Crippen molar-refractivity contribution in [2.45, 2.75) is 45.1 Å².